The van der Waals surface area contributed by atoms with Crippen molar-refractivity contribution in [3.05, 3.63) is 11.6 Å². The first-order valence-electron chi connectivity index (χ1n) is 10.8. The molecule has 0 aromatic carbocycles. The Labute approximate surface area is 158 Å². The van der Waals surface area contributed by atoms with E-state index in [-0.39, 0.29) is 29.5 Å². The van der Waals surface area contributed by atoms with Crippen molar-refractivity contribution in [3.63, 3.8) is 0 Å². The molecule has 0 aromatic rings. The Bertz CT molecular complexity index is 611. The van der Waals surface area contributed by atoms with E-state index in [4.69, 9.17) is 0 Å². The molecule has 0 radical (unpaired) electrons. The van der Waals surface area contributed by atoms with Gasteiger partial charge in [0, 0.05) is 12.5 Å². The summed E-state index contributed by atoms with van der Waals surface area (Å²) in [4.78, 5) is 12.3. The van der Waals surface area contributed by atoms with Crippen LogP contribution in [-0.4, -0.2) is 28.7 Å². The van der Waals surface area contributed by atoms with Crippen molar-refractivity contribution in [2.75, 3.05) is 6.61 Å². The van der Waals surface area contributed by atoms with Gasteiger partial charge in [0.25, 0.3) is 0 Å². The number of carbonyl (C=O) groups is 1. The van der Waals surface area contributed by atoms with Crippen LogP contribution in [0.5, 0.6) is 0 Å². The summed E-state index contributed by atoms with van der Waals surface area (Å²) < 4.78 is 0. The van der Waals surface area contributed by atoms with Crippen molar-refractivity contribution in [3.8, 4) is 0 Å². The summed E-state index contributed by atoms with van der Waals surface area (Å²) in [5, 5.41) is 20.0. The molecule has 26 heavy (non-hydrogen) atoms. The number of fused-ring (bicyclic) bond motifs is 5. The Morgan fingerprint density at radius 3 is 2.69 bits per heavy atom. The molecule has 8 unspecified atom stereocenters. The molecule has 0 bridgehead atoms. The summed E-state index contributed by atoms with van der Waals surface area (Å²) in [7, 11) is 0. The van der Waals surface area contributed by atoms with Gasteiger partial charge in [-0.25, -0.2) is 0 Å². The number of hydrogen-bond acceptors (Lipinski definition) is 3. The highest BCUT2D eigenvalue weighted by Crippen LogP contribution is 2.67. The first-order chi connectivity index (χ1) is 12.3. The molecule has 0 amide bonds. The summed E-state index contributed by atoms with van der Waals surface area (Å²) >= 11 is 0. The van der Waals surface area contributed by atoms with Crippen molar-refractivity contribution in [1.29, 1.82) is 0 Å². The smallest absolute Gasteiger partial charge is 0.133 e. The minimum absolute atomic E-state index is 0.126. The van der Waals surface area contributed by atoms with Gasteiger partial charge in [-0.3, -0.25) is 4.79 Å². The van der Waals surface area contributed by atoms with E-state index in [2.05, 4.69) is 19.9 Å². The third-order valence-corrected chi connectivity index (χ3v) is 9.36. The Balaban J connectivity index is 1.69. The van der Waals surface area contributed by atoms with E-state index < -0.39 is 0 Å². The maximum absolute atomic E-state index is 12.3. The largest absolute Gasteiger partial charge is 0.396 e. The summed E-state index contributed by atoms with van der Waals surface area (Å²) in [6, 6.07) is 0. The maximum Gasteiger partial charge on any atom is 0.133 e. The van der Waals surface area contributed by atoms with E-state index in [1.54, 1.807) is 6.92 Å². The summed E-state index contributed by atoms with van der Waals surface area (Å²) in [5.74, 6) is 3.01. The fourth-order valence-corrected chi connectivity index (χ4v) is 8.12. The molecule has 2 N–H and O–H groups in total. The molecule has 4 aliphatic carbocycles. The highest BCUT2D eigenvalue weighted by atomic mass is 16.3. The van der Waals surface area contributed by atoms with E-state index in [0.717, 1.165) is 32.1 Å². The number of hydrogen-bond donors (Lipinski definition) is 2. The molecule has 4 rings (SSSR count). The van der Waals surface area contributed by atoms with Crippen molar-refractivity contribution in [2.45, 2.75) is 78.2 Å². The molecule has 8 atom stereocenters. The van der Waals surface area contributed by atoms with Gasteiger partial charge in [0.15, 0.2) is 0 Å². The quantitative estimate of drug-likeness (QED) is 0.744. The van der Waals surface area contributed by atoms with E-state index >= 15 is 0 Å². The minimum atomic E-state index is -0.246. The average molecular weight is 361 g/mol. The average Bonchev–Trinajstić information content (AvgIpc) is 2.94. The fraction of sp³-hybridized carbons (Fsp3) is 0.870. The molecule has 3 nitrogen and oxygen atoms in total. The molecule has 0 aromatic heterocycles. The molecule has 3 heteroatoms. The molecular formula is C23H36O3. The zero-order valence-electron chi connectivity index (χ0n) is 16.7. The number of aliphatic hydroxyl groups excluding tert-OH is 2. The first-order valence-corrected chi connectivity index (χ1v) is 10.8. The number of aliphatic hydroxyl groups is 2. The third-order valence-electron chi connectivity index (χ3n) is 9.36. The lowest BCUT2D eigenvalue weighted by atomic mass is 9.44. The Morgan fingerprint density at radius 1 is 1.23 bits per heavy atom. The van der Waals surface area contributed by atoms with Crippen molar-refractivity contribution >= 4 is 5.78 Å². The number of Topliss-reactive ketones (excluding diaryl/α,β-unsaturated/α-hetero) is 1. The summed E-state index contributed by atoms with van der Waals surface area (Å²) in [6.07, 6.45) is 10.4. The normalized spacial score (nSPS) is 50.4. The molecule has 3 saturated carbocycles. The molecular weight excluding hydrogens is 324 g/mol. The maximum atomic E-state index is 12.3. The molecule has 0 heterocycles. The van der Waals surface area contributed by atoms with Gasteiger partial charge < -0.3 is 10.2 Å². The van der Waals surface area contributed by atoms with Gasteiger partial charge in [0.2, 0.25) is 0 Å². The lowest BCUT2D eigenvalue weighted by Crippen LogP contribution is -2.54. The lowest BCUT2D eigenvalue weighted by molar-refractivity contribution is -0.128. The molecule has 4 aliphatic rings. The zero-order valence-corrected chi connectivity index (χ0v) is 16.7. The SMILES string of the molecule is CC(=O)C1CCC2C3CC=C4CC(O)CC(CCO)C4(C)C3CCC12C. The highest BCUT2D eigenvalue weighted by Gasteiger charge is 2.60. The predicted octanol–water partition coefficient (Wildman–Crippen LogP) is 4.12. The Kier molecular flexibility index (Phi) is 4.63. The van der Waals surface area contributed by atoms with Gasteiger partial charge in [-0.15, -0.1) is 0 Å². The van der Waals surface area contributed by atoms with E-state index in [9.17, 15) is 15.0 Å². The van der Waals surface area contributed by atoms with Crippen LogP contribution in [0.25, 0.3) is 0 Å². The topological polar surface area (TPSA) is 57.5 Å². The van der Waals surface area contributed by atoms with Crippen LogP contribution in [0, 0.1) is 40.4 Å². The summed E-state index contributed by atoms with van der Waals surface area (Å²) in [5.41, 5.74) is 1.77. The fourth-order valence-electron chi connectivity index (χ4n) is 8.12. The van der Waals surface area contributed by atoms with Gasteiger partial charge in [-0.1, -0.05) is 25.5 Å². The van der Waals surface area contributed by atoms with Crippen LogP contribution in [0.15, 0.2) is 11.6 Å². The van der Waals surface area contributed by atoms with Crippen LogP contribution < -0.4 is 0 Å². The number of allylic oxidation sites excluding steroid dienone is 1. The number of carbonyl (C=O) groups excluding carboxylic acids is 1. The van der Waals surface area contributed by atoms with Crippen molar-refractivity contribution in [1.82, 2.24) is 0 Å². The second-order valence-electron chi connectivity index (χ2n) is 10.2. The predicted molar refractivity (Wildman–Crippen MR) is 102 cm³/mol. The number of rotatable bonds is 3. The second kappa shape index (κ2) is 6.44. The standard InChI is InChI=1S/C23H36O3/c1-14(25)19-6-7-20-18-5-4-15-12-17(26)13-16(9-11-24)23(15,3)21(18)8-10-22(19,20)2/h4,16-21,24,26H,5-13H2,1-3H3. The van der Waals surface area contributed by atoms with Gasteiger partial charge in [0.1, 0.15) is 5.78 Å². The lowest BCUT2D eigenvalue weighted by Gasteiger charge is -2.60. The third kappa shape index (κ3) is 2.49. The van der Waals surface area contributed by atoms with Gasteiger partial charge in [-0.2, -0.15) is 0 Å². The second-order valence-corrected chi connectivity index (χ2v) is 10.2. The van der Waals surface area contributed by atoms with Crippen LogP contribution in [-0.2, 0) is 4.79 Å². The van der Waals surface area contributed by atoms with Crippen LogP contribution in [0.4, 0.5) is 0 Å². The summed E-state index contributed by atoms with van der Waals surface area (Å²) in [6.45, 7) is 6.84. The van der Waals surface area contributed by atoms with Crippen molar-refractivity contribution < 1.29 is 15.0 Å². The zero-order chi connectivity index (χ0) is 18.7. The molecule has 0 aliphatic heterocycles. The van der Waals surface area contributed by atoms with E-state index in [0.29, 0.717) is 29.5 Å². The molecule has 3 fully saturated rings. The first kappa shape index (κ1) is 18.7. The van der Waals surface area contributed by atoms with Crippen LogP contribution in [0.3, 0.4) is 0 Å². The monoisotopic (exact) mass is 360 g/mol. The molecule has 0 saturated heterocycles. The highest BCUT2D eigenvalue weighted by molar-refractivity contribution is 5.79. The molecule has 0 spiro atoms. The Morgan fingerprint density at radius 2 is 2.00 bits per heavy atom. The van der Waals surface area contributed by atoms with Crippen LogP contribution in [0.2, 0.25) is 0 Å². The Hall–Kier alpha value is -0.670. The van der Waals surface area contributed by atoms with Gasteiger partial charge in [-0.05, 0) is 92.8 Å². The van der Waals surface area contributed by atoms with Gasteiger partial charge >= 0.3 is 0 Å². The number of ketones is 1. The van der Waals surface area contributed by atoms with Crippen molar-refractivity contribution in [2.24, 2.45) is 40.4 Å². The van der Waals surface area contributed by atoms with E-state index in [1.165, 1.54) is 24.8 Å². The van der Waals surface area contributed by atoms with Crippen LogP contribution in [0.1, 0.15) is 72.1 Å². The molecule has 146 valence electrons. The minimum Gasteiger partial charge on any atom is -0.396 e. The van der Waals surface area contributed by atoms with Gasteiger partial charge in [0.05, 0.1) is 6.10 Å². The van der Waals surface area contributed by atoms with E-state index in [1.807, 2.05) is 0 Å². The van der Waals surface area contributed by atoms with Crippen LogP contribution >= 0.6 is 0 Å².